The fraction of sp³-hybridized carbons (Fsp3) is 0.0588. The van der Waals surface area contributed by atoms with Gasteiger partial charge >= 0.3 is 5.91 Å². The number of rotatable bonds is 3. The molecule has 134 valence electrons. The van der Waals surface area contributed by atoms with Crippen LogP contribution < -0.4 is 0 Å². The van der Waals surface area contributed by atoms with Crippen LogP contribution >= 0.6 is 0 Å². The van der Waals surface area contributed by atoms with Crippen molar-refractivity contribution in [1.82, 2.24) is 14.4 Å². The Morgan fingerprint density at radius 2 is 2.15 bits per heavy atom. The summed E-state index contributed by atoms with van der Waals surface area (Å²) in [4.78, 5) is 29.9. The third-order valence-corrected chi connectivity index (χ3v) is 4.09. The Balaban J connectivity index is 1.77. The zero-order chi connectivity index (χ0) is 19.1. The molecule has 0 aliphatic heterocycles. The number of fused-ring (bicyclic) bond motifs is 2. The largest absolute Gasteiger partial charge is 0.493 e. The summed E-state index contributed by atoms with van der Waals surface area (Å²) in [5.74, 6) is -0.984. The highest BCUT2D eigenvalue weighted by Gasteiger charge is 2.18. The molecule has 0 saturated carbocycles. The first-order chi connectivity index (χ1) is 13.0. The number of aryl methyl sites for hydroxylation is 1. The van der Waals surface area contributed by atoms with Crippen LogP contribution in [0.25, 0.3) is 16.6 Å². The molecule has 27 heavy (non-hydrogen) atoms. The highest BCUT2D eigenvalue weighted by Crippen LogP contribution is 2.37. The quantitative estimate of drug-likeness (QED) is 0.324. The van der Waals surface area contributed by atoms with Gasteiger partial charge < -0.3 is 10.1 Å². The number of aromatic nitrogens is 3. The first kappa shape index (κ1) is 16.4. The second-order valence-electron chi connectivity index (χ2n) is 5.79. The van der Waals surface area contributed by atoms with Crippen LogP contribution in [0.15, 0.2) is 52.8 Å². The number of hydrogen-bond donors (Lipinski definition) is 2. The minimum atomic E-state index is -0.648. The number of nitro groups is 1. The monoisotopic (exact) mass is 364 g/mol. The van der Waals surface area contributed by atoms with Gasteiger partial charge in [-0.05, 0) is 25.1 Å². The molecule has 3 heterocycles. The summed E-state index contributed by atoms with van der Waals surface area (Å²) in [6.07, 6.45) is 1.69. The van der Waals surface area contributed by atoms with Crippen molar-refractivity contribution in [2.75, 3.05) is 0 Å². The van der Waals surface area contributed by atoms with Crippen molar-refractivity contribution in [3.05, 3.63) is 64.1 Å². The van der Waals surface area contributed by atoms with Crippen LogP contribution in [0.2, 0.25) is 0 Å². The van der Waals surface area contributed by atoms with Gasteiger partial charge in [-0.2, -0.15) is 0 Å². The molecule has 0 fully saturated rings. The molecule has 3 aromatic heterocycles. The van der Waals surface area contributed by atoms with Crippen LogP contribution in [-0.4, -0.2) is 30.3 Å². The molecule has 0 aliphatic rings. The third kappa shape index (κ3) is 2.68. The van der Waals surface area contributed by atoms with Gasteiger partial charge in [0.05, 0.1) is 16.1 Å². The van der Waals surface area contributed by atoms with E-state index in [1.54, 1.807) is 35.7 Å². The Morgan fingerprint density at radius 3 is 2.93 bits per heavy atom. The summed E-state index contributed by atoms with van der Waals surface area (Å²) in [5, 5.41) is 28.8. The fourth-order valence-corrected chi connectivity index (χ4v) is 2.88. The fourth-order valence-electron chi connectivity index (χ4n) is 2.88. The number of aromatic amines is 1. The molecule has 0 aliphatic carbocycles. The maximum absolute atomic E-state index is 12.5. The van der Waals surface area contributed by atoms with Crippen molar-refractivity contribution in [2.45, 2.75) is 6.92 Å². The summed E-state index contributed by atoms with van der Waals surface area (Å²) in [7, 11) is 0. The molecular weight excluding hydrogens is 352 g/mol. The van der Waals surface area contributed by atoms with Gasteiger partial charge in [0.25, 0.3) is 5.69 Å². The van der Waals surface area contributed by atoms with E-state index in [2.05, 4.69) is 20.2 Å². The summed E-state index contributed by atoms with van der Waals surface area (Å²) >= 11 is 0. The van der Waals surface area contributed by atoms with Gasteiger partial charge in [0.2, 0.25) is 5.88 Å². The van der Waals surface area contributed by atoms with E-state index in [0.29, 0.717) is 16.9 Å². The molecule has 2 N–H and O–H groups in total. The SMILES string of the molecule is Cc1nc2ccccn2c1C(=O)N=Nc1c(O)[nH]c2ccc([N+](=O)[O-])cc12. The second-order valence-corrected chi connectivity index (χ2v) is 5.79. The highest BCUT2D eigenvalue weighted by molar-refractivity contribution is 5.97. The van der Waals surface area contributed by atoms with Gasteiger partial charge in [-0.15, -0.1) is 10.2 Å². The van der Waals surface area contributed by atoms with Crippen LogP contribution in [0.5, 0.6) is 5.88 Å². The number of amides is 1. The normalized spacial score (nSPS) is 11.6. The molecule has 10 heteroatoms. The molecule has 4 rings (SSSR count). The number of carbonyl (C=O) groups excluding carboxylic acids is 1. The molecule has 0 spiro atoms. The Bertz CT molecular complexity index is 1250. The topological polar surface area (TPSA) is 138 Å². The van der Waals surface area contributed by atoms with E-state index >= 15 is 0 Å². The summed E-state index contributed by atoms with van der Waals surface area (Å²) < 4.78 is 1.59. The molecule has 0 bridgehead atoms. The number of H-pyrrole nitrogens is 1. The molecule has 1 amide bonds. The molecule has 10 nitrogen and oxygen atoms in total. The summed E-state index contributed by atoms with van der Waals surface area (Å²) in [6, 6.07) is 9.31. The van der Waals surface area contributed by atoms with Crippen molar-refractivity contribution in [1.29, 1.82) is 0 Å². The molecule has 1 aromatic carbocycles. The first-order valence-corrected chi connectivity index (χ1v) is 7.84. The Hall–Kier alpha value is -4.08. The number of benzene rings is 1. The van der Waals surface area contributed by atoms with Crippen molar-refractivity contribution < 1.29 is 14.8 Å². The van der Waals surface area contributed by atoms with E-state index < -0.39 is 10.8 Å². The van der Waals surface area contributed by atoms with Gasteiger partial charge in [-0.1, -0.05) is 6.07 Å². The van der Waals surface area contributed by atoms with Crippen molar-refractivity contribution >= 4 is 33.8 Å². The standard InChI is InChI=1S/C17H12N6O4/c1-9-15(22-7-3-2-4-13(22)18-9)17(25)21-20-14-11-8-10(23(26)27)5-6-12(11)19-16(14)24/h2-8,19,24H,1H3. The van der Waals surface area contributed by atoms with Crippen molar-refractivity contribution in [3.63, 3.8) is 0 Å². The molecule has 0 radical (unpaired) electrons. The first-order valence-electron chi connectivity index (χ1n) is 7.84. The van der Waals surface area contributed by atoms with E-state index in [0.717, 1.165) is 0 Å². The molecule has 0 unspecified atom stereocenters. The molecule has 0 atom stereocenters. The second kappa shape index (κ2) is 6.02. The minimum Gasteiger partial charge on any atom is -0.493 e. The smallest absolute Gasteiger partial charge is 0.314 e. The van der Waals surface area contributed by atoms with Crippen LogP contribution in [0.1, 0.15) is 16.2 Å². The maximum Gasteiger partial charge on any atom is 0.314 e. The van der Waals surface area contributed by atoms with Gasteiger partial charge in [-0.25, -0.2) is 4.98 Å². The van der Waals surface area contributed by atoms with Crippen molar-refractivity contribution in [2.24, 2.45) is 10.2 Å². The zero-order valence-corrected chi connectivity index (χ0v) is 13.9. The molecular formula is C17H12N6O4. The number of hydrogen-bond acceptors (Lipinski definition) is 6. The average Bonchev–Trinajstić information content (AvgIpc) is 3.14. The van der Waals surface area contributed by atoms with Gasteiger partial charge in [0.15, 0.2) is 5.69 Å². The van der Waals surface area contributed by atoms with E-state index in [1.165, 1.54) is 18.2 Å². The number of imidazole rings is 1. The number of nitro benzene ring substituents is 1. The number of azo groups is 1. The molecule has 4 aromatic rings. The van der Waals surface area contributed by atoms with Crippen LogP contribution in [0, 0.1) is 17.0 Å². The number of nitrogens with zero attached hydrogens (tertiary/aromatic N) is 5. The predicted molar refractivity (Wildman–Crippen MR) is 95.4 cm³/mol. The lowest BCUT2D eigenvalue weighted by atomic mass is 10.2. The summed E-state index contributed by atoms with van der Waals surface area (Å²) in [5.41, 5.74) is 1.56. The Kier molecular flexibility index (Phi) is 3.65. The lowest BCUT2D eigenvalue weighted by molar-refractivity contribution is -0.384. The zero-order valence-electron chi connectivity index (χ0n) is 13.9. The Labute approximate surface area is 151 Å². The number of non-ortho nitro benzene ring substituents is 1. The van der Waals surface area contributed by atoms with Gasteiger partial charge in [0.1, 0.15) is 11.3 Å². The van der Waals surface area contributed by atoms with Crippen LogP contribution in [0.3, 0.4) is 0 Å². The van der Waals surface area contributed by atoms with Gasteiger partial charge in [-0.3, -0.25) is 19.3 Å². The summed E-state index contributed by atoms with van der Waals surface area (Å²) in [6.45, 7) is 1.68. The van der Waals surface area contributed by atoms with E-state index in [1.807, 2.05) is 0 Å². The highest BCUT2D eigenvalue weighted by atomic mass is 16.6. The van der Waals surface area contributed by atoms with E-state index in [-0.39, 0.29) is 28.3 Å². The van der Waals surface area contributed by atoms with Crippen LogP contribution in [-0.2, 0) is 0 Å². The minimum absolute atomic E-state index is 0.0477. The average molecular weight is 364 g/mol. The van der Waals surface area contributed by atoms with E-state index in [4.69, 9.17) is 0 Å². The lowest BCUT2D eigenvalue weighted by Gasteiger charge is -1.97. The maximum atomic E-state index is 12.5. The number of nitrogens with one attached hydrogen (secondary N) is 1. The van der Waals surface area contributed by atoms with Gasteiger partial charge in [0, 0.05) is 23.7 Å². The van der Waals surface area contributed by atoms with E-state index in [9.17, 15) is 20.0 Å². The predicted octanol–water partition coefficient (Wildman–Crippen LogP) is 3.66. The Morgan fingerprint density at radius 1 is 1.33 bits per heavy atom. The number of carbonyl (C=O) groups is 1. The molecule has 0 saturated heterocycles. The number of pyridine rings is 1. The van der Waals surface area contributed by atoms with Crippen LogP contribution in [0.4, 0.5) is 11.4 Å². The number of aromatic hydroxyl groups is 1. The lowest BCUT2D eigenvalue weighted by Crippen LogP contribution is -2.01. The van der Waals surface area contributed by atoms with Crippen molar-refractivity contribution in [3.8, 4) is 5.88 Å². The third-order valence-electron chi connectivity index (χ3n) is 4.09.